The Morgan fingerprint density at radius 2 is 1.83 bits per heavy atom. The minimum atomic E-state index is -0.000556. The van der Waals surface area contributed by atoms with Crippen molar-refractivity contribution in [1.29, 1.82) is 0 Å². The van der Waals surface area contributed by atoms with Crippen LogP contribution in [0.3, 0.4) is 0 Å². The summed E-state index contributed by atoms with van der Waals surface area (Å²) in [6.07, 6.45) is 0. The van der Waals surface area contributed by atoms with Gasteiger partial charge in [-0.3, -0.25) is 4.79 Å². The third-order valence-corrected chi connectivity index (χ3v) is 3.44. The van der Waals surface area contributed by atoms with Crippen molar-refractivity contribution in [3.05, 3.63) is 68.1 Å². The lowest BCUT2D eigenvalue weighted by Gasteiger charge is -2.07. The third-order valence-electron chi connectivity index (χ3n) is 2.76. The minimum absolute atomic E-state index is 0.000556. The summed E-state index contributed by atoms with van der Waals surface area (Å²) in [5.41, 5.74) is 3.37. The molecule has 0 aliphatic rings. The monoisotopic (exact) mass is 322 g/mol. The van der Waals surface area contributed by atoms with Crippen molar-refractivity contribution in [2.45, 2.75) is 13.8 Å². The van der Waals surface area contributed by atoms with Gasteiger partial charge in [-0.05, 0) is 43.7 Å². The van der Waals surface area contributed by atoms with Gasteiger partial charge in [-0.1, -0.05) is 45.2 Å². The Balaban J connectivity index is 2.51. The molecule has 0 aliphatic heterocycles. The van der Waals surface area contributed by atoms with Crippen LogP contribution in [-0.2, 0) is 0 Å². The molecular weight excluding hydrogens is 312 g/mol. The molecule has 0 saturated heterocycles. The van der Waals surface area contributed by atoms with Crippen LogP contribution < -0.4 is 0 Å². The maximum absolute atomic E-state index is 12.4. The van der Waals surface area contributed by atoms with Gasteiger partial charge in [0.2, 0.25) is 0 Å². The molecule has 0 radical (unpaired) electrons. The largest absolute Gasteiger partial charge is 0.289 e. The smallest absolute Gasteiger partial charge is 0.193 e. The van der Waals surface area contributed by atoms with E-state index in [1.54, 1.807) is 18.2 Å². The van der Waals surface area contributed by atoms with Crippen LogP contribution in [0.4, 0.5) is 0 Å². The number of carbonyl (C=O) groups is 1. The van der Waals surface area contributed by atoms with Crippen LogP contribution in [0.2, 0.25) is 5.02 Å². The summed E-state index contributed by atoms with van der Waals surface area (Å²) >= 11 is 9.32. The molecule has 0 amide bonds. The van der Waals surface area contributed by atoms with Crippen molar-refractivity contribution >= 4 is 33.3 Å². The van der Waals surface area contributed by atoms with E-state index >= 15 is 0 Å². The van der Waals surface area contributed by atoms with Crippen LogP contribution in [0.25, 0.3) is 0 Å². The van der Waals surface area contributed by atoms with Crippen molar-refractivity contribution < 1.29 is 4.79 Å². The van der Waals surface area contributed by atoms with Gasteiger partial charge in [0, 0.05) is 20.6 Å². The molecule has 0 fully saturated rings. The van der Waals surface area contributed by atoms with Crippen molar-refractivity contribution in [2.75, 3.05) is 0 Å². The van der Waals surface area contributed by atoms with E-state index in [1.165, 1.54) is 0 Å². The van der Waals surface area contributed by atoms with E-state index in [2.05, 4.69) is 15.9 Å². The molecule has 0 aliphatic carbocycles. The highest BCUT2D eigenvalue weighted by Crippen LogP contribution is 2.23. The quantitative estimate of drug-likeness (QED) is 0.715. The molecule has 0 saturated carbocycles. The second-order valence-electron chi connectivity index (χ2n) is 4.31. The van der Waals surface area contributed by atoms with E-state index in [1.807, 2.05) is 32.0 Å². The van der Waals surface area contributed by atoms with Gasteiger partial charge in [0.25, 0.3) is 0 Å². The molecule has 0 aromatic heterocycles. The molecule has 2 rings (SSSR count). The van der Waals surface area contributed by atoms with E-state index < -0.39 is 0 Å². The zero-order chi connectivity index (χ0) is 13.3. The minimum Gasteiger partial charge on any atom is -0.289 e. The summed E-state index contributed by atoms with van der Waals surface area (Å²) in [6.45, 7) is 3.91. The molecule has 0 bridgehead atoms. The second kappa shape index (κ2) is 5.25. The molecule has 1 nitrogen and oxygen atoms in total. The first-order valence-corrected chi connectivity index (χ1v) is 6.72. The Hall–Kier alpha value is -1.12. The lowest BCUT2D eigenvalue weighted by atomic mass is 9.97. The van der Waals surface area contributed by atoms with E-state index in [0.29, 0.717) is 10.6 Å². The van der Waals surface area contributed by atoms with Gasteiger partial charge in [-0.25, -0.2) is 0 Å². The Morgan fingerprint density at radius 3 is 2.50 bits per heavy atom. The molecule has 92 valence electrons. The molecule has 0 heterocycles. The molecule has 2 aromatic carbocycles. The highest BCUT2D eigenvalue weighted by atomic mass is 79.9. The molecule has 0 N–H and O–H groups in total. The Bertz CT molecular complexity index is 600. The van der Waals surface area contributed by atoms with Crippen molar-refractivity contribution in [3.63, 3.8) is 0 Å². The second-order valence-corrected chi connectivity index (χ2v) is 5.66. The fourth-order valence-corrected chi connectivity index (χ4v) is 2.68. The average Bonchev–Trinajstić information content (AvgIpc) is 2.30. The standard InChI is InChI=1S/C15H12BrClO/c1-9-3-4-10(2)14(5-9)15(18)11-6-12(16)8-13(17)7-11/h3-8H,1-2H3. The van der Waals surface area contributed by atoms with Crippen LogP contribution in [0, 0.1) is 13.8 Å². The fourth-order valence-electron chi connectivity index (χ4n) is 1.82. The van der Waals surface area contributed by atoms with Gasteiger partial charge in [0.05, 0.1) is 0 Å². The summed E-state index contributed by atoms with van der Waals surface area (Å²) in [5, 5.41) is 0.554. The highest BCUT2D eigenvalue weighted by molar-refractivity contribution is 9.10. The van der Waals surface area contributed by atoms with Crippen molar-refractivity contribution in [2.24, 2.45) is 0 Å². The van der Waals surface area contributed by atoms with Crippen LogP contribution in [-0.4, -0.2) is 5.78 Å². The number of aryl methyl sites for hydroxylation is 2. The van der Waals surface area contributed by atoms with Gasteiger partial charge < -0.3 is 0 Å². The van der Waals surface area contributed by atoms with E-state index in [0.717, 1.165) is 21.2 Å². The molecular formula is C15H12BrClO. The zero-order valence-electron chi connectivity index (χ0n) is 10.1. The Labute approximate surface area is 120 Å². The summed E-state index contributed by atoms with van der Waals surface area (Å²) in [4.78, 5) is 12.4. The summed E-state index contributed by atoms with van der Waals surface area (Å²) in [5.74, 6) is -0.000556. The number of halogens is 2. The number of rotatable bonds is 2. The van der Waals surface area contributed by atoms with Gasteiger partial charge in [0.15, 0.2) is 5.78 Å². The molecule has 18 heavy (non-hydrogen) atoms. The van der Waals surface area contributed by atoms with Crippen molar-refractivity contribution in [3.8, 4) is 0 Å². The number of hydrogen-bond donors (Lipinski definition) is 0. The molecule has 0 atom stereocenters. The van der Waals surface area contributed by atoms with Gasteiger partial charge >= 0.3 is 0 Å². The van der Waals surface area contributed by atoms with Crippen molar-refractivity contribution in [1.82, 2.24) is 0 Å². The zero-order valence-corrected chi connectivity index (χ0v) is 12.5. The fraction of sp³-hybridized carbons (Fsp3) is 0.133. The predicted octanol–water partition coefficient (Wildman–Crippen LogP) is 4.95. The van der Waals surface area contributed by atoms with Gasteiger partial charge in [-0.15, -0.1) is 0 Å². The van der Waals surface area contributed by atoms with E-state index in [4.69, 9.17) is 11.6 Å². The third kappa shape index (κ3) is 2.82. The maximum atomic E-state index is 12.4. The first-order valence-electron chi connectivity index (χ1n) is 5.55. The lowest BCUT2D eigenvalue weighted by molar-refractivity contribution is 0.103. The van der Waals surface area contributed by atoms with Gasteiger partial charge in [0.1, 0.15) is 0 Å². The highest BCUT2D eigenvalue weighted by Gasteiger charge is 2.13. The summed E-state index contributed by atoms with van der Waals surface area (Å²) < 4.78 is 0.809. The van der Waals surface area contributed by atoms with Crippen LogP contribution >= 0.6 is 27.5 Å². The molecule has 2 aromatic rings. The summed E-state index contributed by atoms with van der Waals surface area (Å²) in [6, 6.07) is 11.1. The number of ketones is 1. The van der Waals surface area contributed by atoms with Crippen LogP contribution in [0.15, 0.2) is 40.9 Å². The maximum Gasteiger partial charge on any atom is 0.193 e. The topological polar surface area (TPSA) is 17.1 Å². The summed E-state index contributed by atoms with van der Waals surface area (Å²) in [7, 11) is 0. The molecule has 0 unspecified atom stereocenters. The van der Waals surface area contributed by atoms with Crippen LogP contribution in [0.5, 0.6) is 0 Å². The predicted molar refractivity (Wildman–Crippen MR) is 78.5 cm³/mol. The number of benzene rings is 2. The lowest BCUT2D eigenvalue weighted by Crippen LogP contribution is -2.04. The molecule has 3 heteroatoms. The normalized spacial score (nSPS) is 10.4. The van der Waals surface area contributed by atoms with E-state index in [9.17, 15) is 4.79 Å². The first-order chi connectivity index (χ1) is 8.47. The molecule has 0 spiro atoms. The number of carbonyl (C=O) groups excluding carboxylic acids is 1. The van der Waals surface area contributed by atoms with Crippen LogP contribution in [0.1, 0.15) is 27.0 Å². The van der Waals surface area contributed by atoms with Gasteiger partial charge in [-0.2, -0.15) is 0 Å². The Kier molecular flexibility index (Phi) is 3.88. The van der Waals surface area contributed by atoms with E-state index in [-0.39, 0.29) is 5.78 Å². The first kappa shape index (κ1) is 13.3. The average molecular weight is 324 g/mol. The number of hydrogen-bond acceptors (Lipinski definition) is 1. The SMILES string of the molecule is Cc1ccc(C)c(C(=O)c2cc(Cl)cc(Br)c2)c1. The Morgan fingerprint density at radius 1 is 1.11 bits per heavy atom.